The summed E-state index contributed by atoms with van der Waals surface area (Å²) >= 11 is 7.17. The fourth-order valence-electron chi connectivity index (χ4n) is 3.39. The van der Waals surface area contributed by atoms with Gasteiger partial charge in [-0.15, -0.1) is 10.2 Å². The van der Waals surface area contributed by atoms with Crippen LogP contribution in [0.25, 0.3) is 6.08 Å². The standard InChI is InChI=1S/C27H32ClN5O7S/c1-4-5-6-7-14-40-26(37)18(17-29)15-22-25(28)30-27(41-22)32-31-20-9-8-19(16-21(20)34)33(12-10-23(35)38-2)13-11-24(36)39-3/h8-9,15-16,34H,4-7,10-14H2,1-3H3/b18-15+,32-31?. The Morgan fingerprint density at radius 2 is 1.80 bits per heavy atom. The number of carbonyl (C=O) groups excluding carboxylic acids is 3. The highest BCUT2D eigenvalue weighted by Gasteiger charge is 2.16. The second-order valence-electron chi connectivity index (χ2n) is 8.53. The summed E-state index contributed by atoms with van der Waals surface area (Å²) in [5, 5.41) is 28.1. The van der Waals surface area contributed by atoms with Gasteiger partial charge in [0, 0.05) is 24.8 Å². The topological polar surface area (TPSA) is 164 Å². The summed E-state index contributed by atoms with van der Waals surface area (Å²) in [6.07, 6.45) is 5.19. The van der Waals surface area contributed by atoms with E-state index in [-0.39, 0.29) is 59.8 Å². The van der Waals surface area contributed by atoms with E-state index in [1.807, 2.05) is 6.07 Å². The van der Waals surface area contributed by atoms with Gasteiger partial charge in [0.05, 0.1) is 38.5 Å². The van der Waals surface area contributed by atoms with Gasteiger partial charge in [-0.05, 0) is 24.6 Å². The first kappa shape index (κ1) is 33.2. The van der Waals surface area contributed by atoms with Crippen molar-refractivity contribution in [3.8, 4) is 11.8 Å². The summed E-state index contributed by atoms with van der Waals surface area (Å²) < 4.78 is 14.5. The van der Waals surface area contributed by atoms with Gasteiger partial charge in [0.15, 0.2) is 0 Å². The van der Waals surface area contributed by atoms with Crippen LogP contribution in [-0.2, 0) is 28.6 Å². The van der Waals surface area contributed by atoms with Gasteiger partial charge in [0.25, 0.3) is 0 Å². The monoisotopic (exact) mass is 605 g/mol. The highest BCUT2D eigenvalue weighted by Crippen LogP contribution is 2.35. The van der Waals surface area contributed by atoms with E-state index >= 15 is 0 Å². The molecule has 220 valence electrons. The number of aromatic hydroxyl groups is 1. The predicted molar refractivity (Wildman–Crippen MR) is 154 cm³/mol. The third-order valence-electron chi connectivity index (χ3n) is 5.64. The van der Waals surface area contributed by atoms with Gasteiger partial charge in [0.1, 0.15) is 28.2 Å². The number of benzene rings is 1. The number of hydrogen-bond acceptors (Lipinski definition) is 13. The number of halogens is 1. The number of nitrogens with zero attached hydrogens (tertiary/aromatic N) is 5. The van der Waals surface area contributed by atoms with Crippen molar-refractivity contribution >= 4 is 63.4 Å². The molecule has 1 aromatic carbocycles. The highest BCUT2D eigenvalue weighted by atomic mass is 35.5. The Bertz CT molecular complexity index is 1290. The maximum atomic E-state index is 12.2. The molecule has 2 aromatic rings. The van der Waals surface area contributed by atoms with Gasteiger partial charge in [-0.3, -0.25) is 9.59 Å². The second-order valence-corrected chi connectivity index (χ2v) is 9.90. The molecule has 14 heteroatoms. The van der Waals surface area contributed by atoms with E-state index < -0.39 is 17.9 Å². The number of rotatable bonds is 16. The maximum Gasteiger partial charge on any atom is 0.348 e. The van der Waals surface area contributed by atoms with Crippen LogP contribution in [-0.4, -0.2) is 61.9 Å². The van der Waals surface area contributed by atoms with Crippen molar-refractivity contribution in [3.63, 3.8) is 0 Å². The number of phenols is 1. The van der Waals surface area contributed by atoms with Crippen molar-refractivity contribution in [2.24, 2.45) is 10.2 Å². The average Bonchev–Trinajstić information content (AvgIpc) is 3.32. The van der Waals surface area contributed by atoms with Gasteiger partial charge < -0.3 is 24.2 Å². The van der Waals surface area contributed by atoms with Gasteiger partial charge in [-0.1, -0.05) is 49.1 Å². The molecule has 1 N–H and O–H groups in total. The van der Waals surface area contributed by atoms with E-state index in [0.717, 1.165) is 37.0 Å². The Labute approximate surface area is 247 Å². The SMILES string of the molecule is CCCCCCOC(=O)/C(C#N)=C/c1sc(N=Nc2ccc(N(CCC(=O)OC)CCC(=O)OC)cc2O)nc1Cl. The average molecular weight is 606 g/mol. The number of azo groups is 1. The Morgan fingerprint density at radius 1 is 1.12 bits per heavy atom. The molecule has 0 radical (unpaired) electrons. The molecule has 0 bridgehead atoms. The zero-order valence-electron chi connectivity index (χ0n) is 23.1. The van der Waals surface area contributed by atoms with Gasteiger partial charge in [-0.25, -0.2) is 9.78 Å². The molecule has 0 aliphatic heterocycles. The number of carbonyl (C=O) groups is 3. The Morgan fingerprint density at radius 3 is 2.39 bits per heavy atom. The van der Waals surface area contributed by atoms with Crippen LogP contribution in [0.1, 0.15) is 50.3 Å². The third-order valence-corrected chi connectivity index (χ3v) is 6.93. The van der Waals surface area contributed by atoms with Crippen LogP contribution in [0.2, 0.25) is 5.15 Å². The molecule has 0 saturated heterocycles. The van der Waals surface area contributed by atoms with Crippen molar-refractivity contribution in [2.75, 3.05) is 38.8 Å². The maximum absolute atomic E-state index is 12.2. The zero-order valence-corrected chi connectivity index (χ0v) is 24.7. The molecular formula is C27H32ClN5O7S. The molecule has 1 heterocycles. The minimum atomic E-state index is -0.742. The van der Waals surface area contributed by atoms with E-state index in [1.165, 1.54) is 32.4 Å². The van der Waals surface area contributed by atoms with Crippen molar-refractivity contribution < 1.29 is 33.7 Å². The summed E-state index contributed by atoms with van der Waals surface area (Å²) in [5.74, 6) is -1.78. The number of hydrogen-bond donors (Lipinski definition) is 1. The number of aromatic nitrogens is 1. The molecular weight excluding hydrogens is 574 g/mol. The van der Waals surface area contributed by atoms with Crippen molar-refractivity contribution in [3.05, 3.63) is 33.8 Å². The van der Waals surface area contributed by atoms with Crippen LogP contribution in [0.15, 0.2) is 34.0 Å². The number of anilines is 1. The largest absolute Gasteiger partial charge is 0.506 e. The lowest BCUT2D eigenvalue weighted by atomic mass is 10.2. The van der Waals surface area contributed by atoms with Gasteiger partial charge in [0.2, 0.25) is 5.13 Å². The zero-order chi connectivity index (χ0) is 30.2. The van der Waals surface area contributed by atoms with Crippen LogP contribution >= 0.6 is 22.9 Å². The summed E-state index contributed by atoms with van der Waals surface area (Å²) in [6.45, 7) is 2.80. The molecule has 0 atom stereocenters. The molecule has 2 rings (SSSR count). The number of ether oxygens (including phenoxy) is 3. The number of nitriles is 1. The van der Waals surface area contributed by atoms with Gasteiger partial charge >= 0.3 is 17.9 Å². The van der Waals surface area contributed by atoms with Crippen LogP contribution in [0.4, 0.5) is 16.5 Å². The highest BCUT2D eigenvalue weighted by molar-refractivity contribution is 7.16. The fourth-order valence-corrected chi connectivity index (χ4v) is 4.41. The number of unbranched alkanes of at least 4 members (excludes halogenated alkanes) is 3. The molecule has 0 amide bonds. The first-order valence-corrected chi connectivity index (χ1v) is 14.0. The van der Waals surface area contributed by atoms with E-state index in [2.05, 4.69) is 31.6 Å². The molecule has 0 spiro atoms. The lowest BCUT2D eigenvalue weighted by molar-refractivity contribution is -0.140. The van der Waals surface area contributed by atoms with Crippen molar-refractivity contribution in [1.82, 2.24) is 4.98 Å². The third kappa shape index (κ3) is 11.2. The smallest absolute Gasteiger partial charge is 0.348 e. The minimum absolute atomic E-state index is 0.0267. The molecule has 0 unspecified atom stereocenters. The molecule has 0 aliphatic rings. The molecule has 1 aromatic heterocycles. The second kappa shape index (κ2) is 17.6. The number of esters is 3. The molecule has 12 nitrogen and oxygen atoms in total. The first-order valence-electron chi connectivity index (χ1n) is 12.8. The normalized spacial score (nSPS) is 11.2. The van der Waals surface area contributed by atoms with Crippen LogP contribution in [0.3, 0.4) is 0 Å². The van der Waals surface area contributed by atoms with Crippen LogP contribution in [0, 0.1) is 11.3 Å². The fraction of sp³-hybridized carbons (Fsp3) is 0.444. The summed E-state index contributed by atoms with van der Waals surface area (Å²) in [7, 11) is 2.57. The summed E-state index contributed by atoms with van der Waals surface area (Å²) in [4.78, 5) is 41.6. The predicted octanol–water partition coefficient (Wildman–Crippen LogP) is 5.88. The van der Waals surface area contributed by atoms with Crippen LogP contribution in [0.5, 0.6) is 5.75 Å². The number of thiazole rings is 1. The quantitative estimate of drug-likeness (QED) is 0.0610. The molecule has 41 heavy (non-hydrogen) atoms. The van der Waals surface area contributed by atoms with E-state index in [0.29, 0.717) is 10.6 Å². The Kier molecular flexibility index (Phi) is 14.3. The van der Waals surface area contributed by atoms with E-state index in [4.69, 9.17) is 16.3 Å². The molecule has 0 fully saturated rings. The van der Waals surface area contributed by atoms with Crippen molar-refractivity contribution in [1.29, 1.82) is 5.26 Å². The summed E-state index contributed by atoms with van der Waals surface area (Å²) in [6, 6.07) is 6.41. The lowest BCUT2D eigenvalue weighted by Gasteiger charge is -2.24. The van der Waals surface area contributed by atoms with Crippen LogP contribution < -0.4 is 4.90 Å². The van der Waals surface area contributed by atoms with E-state index in [9.17, 15) is 24.8 Å². The Hall–Kier alpha value is -4.02. The lowest BCUT2D eigenvalue weighted by Crippen LogP contribution is -2.29. The van der Waals surface area contributed by atoms with E-state index in [1.54, 1.807) is 11.0 Å². The van der Waals surface area contributed by atoms with Gasteiger partial charge in [-0.2, -0.15) is 5.26 Å². The number of methoxy groups -OCH3 is 2. The Balaban J connectivity index is 2.14. The molecule has 0 aliphatic carbocycles. The first-order chi connectivity index (χ1) is 19.7. The number of phenolic OH excluding ortho intramolecular Hbond substituents is 1. The molecule has 0 saturated carbocycles. The minimum Gasteiger partial charge on any atom is -0.506 e. The van der Waals surface area contributed by atoms with Crippen molar-refractivity contribution in [2.45, 2.75) is 45.4 Å². The summed E-state index contributed by atoms with van der Waals surface area (Å²) in [5.41, 5.74) is 0.453.